The number of fused-ring (bicyclic) bond motifs is 1. The van der Waals surface area contributed by atoms with Crippen LogP contribution in [0.3, 0.4) is 0 Å². The maximum absolute atomic E-state index is 5.40. The van der Waals surface area contributed by atoms with Gasteiger partial charge in [-0.15, -0.1) is 0 Å². The molecule has 4 nitrogen and oxygen atoms in total. The van der Waals surface area contributed by atoms with Crippen molar-refractivity contribution >= 4 is 0 Å². The van der Waals surface area contributed by atoms with E-state index in [9.17, 15) is 0 Å². The highest BCUT2D eigenvalue weighted by Crippen LogP contribution is 2.30. The number of hydrogen-bond acceptors (Lipinski definition) is 4. The van der Waals surface area contributed by atoms with Crippen LogP contribution in [0.5, 0.6) is 11.5 Å². The smallest absolute Gasteiger partial charge is 0.161 e. The predicted molar refractivity (Wildman–Crippen MR) is 84.0 cm³/mol. The topological polar surface area (TPSA) is 33.7 Å². The van der Waals surface area contributed by atoms with Gasteiger partial charge in [0.15, 0.2) is 11.5 Å². The molecule has 2 unspecified atom stereocenters. The normalized spacial score (nSPS) is 26.2. The molecule has 0 radical (unpaired) electrons. The SMILES string of the molecule is COc1ccc(CN2CCC3NCCCC3C2)cc1OC. The Bertz CT molecular complexity index is 478. The lowest BCUT2D eigenvalue weighted by molar-refractivity contribution is 0.109. The quantitative estimate of drug-likeness (QED) is 0.922. The third-order valence-corrected chi connectivity index (χ3v) is 4.83. The molecule has 0 aliphatic carbocycles. The molecule has 1 aromatic rings. The van der Waals surface area contributed by atoms with Gasteiger partial charge in [-0.3, -0.25) is 4.90 Å². The van der Waals surface area contributed by atoms with Crippen LogP contribution in [0.4, 0.5) is 0 Å². The first kappa shape index (κ1) is 14.7. The fourth-order valence-corrected chi connectivity index (χ4v) is 3.70. The third-order valence-electron chi connectivity index (χ3n) is 4.83. The number of rotatable bonds is 4. The van der Waals surface area contributed by atoms with E-state index in [1.165, 1.54) is 44.5 Å². The maximum Gasteiger partial charge on any atom is 0.161 e. The molecule has 0 bridgehead atoms. The van der Waals surface area contributed by atoms with Crippen molar-refractivity contribution < 1.29 is 9.47 Å². The van der Waals surface area contributed by atoms with Crippen molar-refractivity contribution in [2.24, 2.45) is 5.92 Å². The lowest BCUT2D eigenvalue weighted by Crippen LogP contribution is -2.51. The number of nitrogens with zero attached hydrogens (tertiary/aromatic N) is 1. The molecule has 1 aromatic carbocycles. The van der Waals surface area contributed by atoms with E-state index in [0.717, 1.165) is 30.0 Å². The van der Waals surface area contributed by atoms with Crippen molar-refractivity contribution in [1.82, 2.24) is 10.2 Å². The molecule has 2 saturated heterocycles. The molecule has 2 heterocycles. The summed E-state index contributed by atoms with van der Waals surface area (Å²) in [5.74, 6) is 2.45. The van der Waals surface area contributed by atoms with Crippen LogP contribution in [-0.4, -0.2) is 44.8 Å². The molecule has 2 atom stereocenters. The summed E-state index contributed by atoms with van der Waals surface area (Å²) in [4.78, 5) is 2.58. The summed E-state index contributed by atoms with van der Waals surface area (Å²) < 4.78 is 10.7. The number of likely N-dealkylation sites (tertiary alicyclic amines) is 1. The second-order valence-corrected chi connectivity index (χ2v) is 6.18. The zero-order chi connectivity index (χ0) is 14.7. The van der Waals surface area contributed by atoms with Crippen LogP contribution in [0.15, 0.2) is 18.2 Å². The summed E-state index contributed by atoms with van der Waals surface area (Å²) in [5, 5.41) is 3.68. The first-order valence-electron chi connectivity index (χ1n) is 7.97. The van der Waals surface area contributed by atoms with Gasteiger partial charge in [0, 0.05) is 19.1 Å². The van der Waals surface area contributed by atoms with E-state index < -0.39 is 0 Å². The first-order valence-corrected chi connectivity index (χ1v) is 7.97. The Morgan fingerprint density at radius 2 is 2.05 bits per heavy atom. The lowest BCUT2D eigenvalue weighted by Gasteiger charge is -2.41. The molecular weight excluding hydrogens is 264 g/mol. The van der Waals surface area contributed by atoms with E-state index in [-0.39, 0.29) is 0 Å². The molecule has 1 N–H and O–H groups in total. The van der Waals surface area contributed by atoms with E-state index >= 15 is 0 Å². The molecule has 4 heteroatoms. The van der Waals surface area contributed by atoms with Crippen LogP contribution < -0.4 is 14.8 Å². The van der Waals surface area contributed by atoms with Gasteiger partial charge in [-0.05, 0) is 56.0 Å². The minimum absolute atomic E-state index is 0.750. The van der Waals surface area contributed by atoms with Crippen molar-refractivity contribution in [1.29, 1.82) is 0 Å². The average molecular weight is 290 g/mol. The van der Waals surface area contributed by atoms with Crippen molar-refractivity contribution in [2.75, 3.05) is 33.9 Å². The number of ether oxygens (including phenoxy) is 2. The molecule has 3 rings (SSSR count). The Hall–Kier alpha value is -1.26. The second kappa shape index (κ2) is 6.67. The van der Waals surface area contributed by atoms with Crippen LogP contribution in [0.2, 0.25) is 0 Å². The lowest BCUT2D eigenvalue weighted by atomic mass is 9.85. The molecular formula is C17H26N2O2. The van der Waals surface area contributed by atoms with Crippen molar-refractivity contribution in [2.45, 2.75) is 31.8 Å². The van der Waals surface area contributed by atoms with Gasteiger partial charge < -0.3 is 14.8 Å². The summed E-state index contributed by atoms with van der Waals surface area (Å²) in [6.45, 7) is 4.61. The highest BCUT2D eigenvalue weighted by molar-refractivity contribution is 5.42. The van der Waals surface area contributed by atoms with Crippen molar-refractivity contribution in [3.63, 3.8) is 0 Å². The summed E-state index contributed by atoms with van der Waals surface area (Å²) in [6, 6.07) is 7.00. The number of methoxy groups -OCH3 is 2. The van der Waals surface area contributed by atoms with Gasteiger partial charge in [0.2, 0.25) is 0 Å². The molecule has 0 amide bonds. The number of nitrogens with one attached hydrogen (secondary N) is 1. The molecule has 116 valence electrons. The van der Waals surface area contributed by atoms with Gasteiger partial charge in [0.05, 0.1) is 14.2 Å². The van der Waals surface area contributed by atoms with Gasteiger partial charge >= 0.3 is 0 Å². The number of piperidine rings is 2. The van der Waals surface area contributed by atoms with Crippen LogP contribution in [0, 0.1) is 5.92 Å². The maximum atomic E-state index is 5.40. The standard InChI is InChI=1S/C17H26N2O2/c1-20-16-6-5-13(10-17(16)21-2)11-19-9-7-15-14(12-19)4-3-8-18-15/h5-6,10,14-15,18H,3-4,7-9,11-12H2,1-2H3. The van der Waals surface area contributed by atoms with Crippen LogP contribution in [-0.2, 0) is 6.54 Å². The predicted octanol–water partition coefficient (Wildman–Crippen LogP) is 2.28. The van der Waals surface area contributed by atoms with Gasteiger partial charge in [-0.1, -0.05) is 6.07 Å². The summed E-state index contributed by atoms with van der Waals surface area (Å²) in [5.41, 5.74) is 1.30. The third kappa shape index (κ3) is 3.33. The van der Waals surface area contributed by atoms with Crippen LogP contribution >= 0.6 is 0 Å². The summed E-state index contributed by atoms with van der Waals surface area (Å²) >= 11 is 0. The molecule has 21 heavy (non-hydrogen) atoms. The molecule has 0 aromatic heterocycles. The van der Waals surface area contributed by atoms with E-state index in [0.29, 0.717) is 0 Å². The highest BCUT2D eigenvalue weighted by atomic mass is 16.5. The van der Waals surface area contributed by atoms with E-state index in [1.807, 2.05) is 6.07 Å². The Morgan fingerprint density at radius 1 is 1.19 bits per heavy atom. The van der Waals surface area contributed by atoms with Crippen molar-refractivity contribution in [3.05, 3.63) is 23.8 Å². The van der Waals surface area contributed by atoms with Crippen molar-refractivity contribution in [3.8, 4) is 11.5 Å². The molecule has 0 saturated carbocycles. The Balaban J connectivity index is 1.64. The Morgan fingerprint density at radius 3 is 2.86 bits per heavy atom. The van der Waals surface area contributed by atoms with Gasteiger partial charge in [0.25, 0.3) is 0 Å². The van der Waals surface area contributed by atoms with Crippen LogP contribution in [0.25, 0.3) is 0 Å². The second-order valence-electron chi connectivity index (χ2n) is 6.18. The molecule has 0 spiro atoms. The average Bonchev–Trinajstić information content (AvgIpc) is 2.54. The minimum atomic E-state index is 0.750. The highest BCUT2D eigenvalue weighted by Gasteiger charge is 2.30. The molecule has 2 aliphatic rings. The Labute approximate surface area is 127 Å². The van der Waals surface area contributed by atoms with Gasteiger partial charge in [0.1, 0.15) is 0 Å². The fourth-order valence-electron chi connectivity index (χ4n) is 3.70. The zero-order valence-electron chi connectivity index (χ0n) is 13.1. The van der Waals surface area contributed by atoms with E-state index in [4.69, 9.17) is 9.47 Å². The monoisotopic (exact) mass is 290 g/mol. The molecule has 2 aliphatic heterocycles. The van der Waals surface area contributed by atoms with E-state index in [1.54, 1.807) is 14.2 Å². The summed E-state index contributed by atoms with van der Waals surface area (Å²) in [6.07, 6.45) is 3.98. The minimum Gasteiger partial charge on any atom is -0.493 e. The van der Waals surface area contributed by atoms with E-state index in [2.05, 4.69) is 22.3 Å². The number of hydrogen-bond donors (Lipinski definition) is 1. The van der Waals surface area contributed by atoms with Gasteiger partial charge in [-0.2, -0.15) is 0 Å². The first-order chi connectivity index (χ1) is 10.3. The molecule has 2 fully saturated rings. The largest absolute Gasteiger partial charge is 0.493 e. The fraction of sp³-hybridized carbons (Fsp3) is 0.647. The van der Waals surface area contributed by atoms with Crippen LogP contribution in [0.1, 0.15) is 24.8 Å². The zero-order valence-corrected chi connectivity index (χ0v) is 13.1. The van der Waals surface area contributed by atoms with Gasteiger partial charge in [-0.25, -0.2) is 0 Å². The summed E-state index contributed by atoms with van der Waals surface area (Å²) in [7, 11) is 3.37. The number of benzene rings is 1. The Kier molecular flexibility index (Phi) is 4.66.